The first kappa shape index (κ1) is 28.4. The Bertz CT molecular complexity index is 1180. The van der Waals surface area contributed by atoms with Crippen LogP contribution in [0.25, 0.3) is 30.5 Å². The van der Waals surface area contributed by atoms with Gasteiger partial charge in [-0.2, -0.15) is 0 Å². The van der Waals surface area contributed by atoms with Gasteiger partial charge < -0.3 is 0 Å². The molecule has 0 aliphatic heterocycles. The molecule has 0 saturated carbocycles. The van der Waals surface area contributed by atoms with Gasteiger partial charge in [-0.05, 0) is 61.8 Å². The van der Waals surface area contributed by atoms with Crippen LogP contribution in [0.15, 0.2) is 24.5 Å². The lowest BCUT2D eigenvalue weighted by molar-refractivity contribution is 0.449. The standard InChI is InChI=1S/C32H44N2S3/c1-7-11-13-23(9-3)17-25-19-27(35-21(25)5)31-29-30(34-16-15-33-29)32(37-31)28-20-26(22(6)36-28)18-24(10-4)14-12-8-2/h15-16,19-20,23-24H,7-14,17-18H2,1-6H3. The minimum atomic E-state index is 0.785. The van der Waals surface area contributed by atoms with Crippen molar-refractivity contribution in [3.05, 3.63) is 45.4 Å². The molecule has 0 amide bonds. The first-order chi connectivity index (χ1) is 18.0. The van der Waals surface area contributed by atoms with Gasteiger partial charge in [0.05, 0.1) is 9.75 Å². The minimum Gasteiger partial charge on any atom is -0.251 e. The van der Waals surface area contributed by atoms with Gasteiger partial charge in [0.15, 0.2) is 0 Å². The molecular weight excluding hydrogens is 509 g/mol. The second kappa shape index (κ2) is 13.5. The van der Waals surface area contributed by atoms with Crippen LogP contribution in [-0.4, -0.2) is 9.97 Å². The van der Waals surface area contributed by atoms with E-state index in [0.29, 0.717) is 0 Å². The summed E-state index contributed by atoms with van der Waals surface area (Å²) in [5, 5.41) is 0. The third-order valence-corrected chi connectivity index (χ3v) is 11.6. The third kappa shape index (κ3) is 6.72. The van der Waals surface area contributed by atoms with Gasteiger partial charge in [0, 0.05) is 31.9 Å². The number of hydrogen-bond acceptors (Lipinski definition) is 5. The zero-order chi connectivity index (χ0) is 26.4. The number of thiophene rings is 3. The van der Waals surface area contributed by atoms with Crippen molar-refractivity contribution >= 4 is 45.0 Å². The Morgan fingerprint density at radius 3 is 1.46 bits per heavy atom. The largest absolute Gasteiger partial charge is 0.251 e. The zero-order valence-electron chi connectivity index (χ0n) is 23.7. The molecule has 4 heterocycles. The van der Waals surface area contributed by atoms with Gasteiger partial charge in [0.25, 0.3) is 0 Å². The maximum Gasteiger partial charge on any atom is 0.109 e. The van der Waals surface area contributed by atoms with Gasteiger partial charge >= 0.3 is 0 Å². The molecule has 2 nitrogen and oxygen atoms in total. The highest BCUT2D eigenvalue weighted by atomic mass is 32.1. The predicted molar refractivity (Wildman–Crippen MR) is 168 cm³/mol. The second-order valence-corrected chi connectivity index (χ2v) is 14.2. The van der Waals surface area contributed by atoms with Gasteiger partial charge in [-0.15, -0.1) is 34.0 Å². The minimum absolute atomic E-state index is 0.785. The molecule has 0 fully saturated rings. The maximum atomic E-state index is 4.84. The Morgan fingerprint density at radius 1 is 0.649 bits per heavy atom. The van der Waals surface area contributed by atoms with E-state index >= 15 is 0 Å². The lowest BCUT2D eigenvalue weighted by atomic mass is 9.92. The molecule has 0 N–H and O–H groups in total. The van der Waals surface area contributed by atoms with Crippen molar-refractivity contribution in [2.45, 2.75) is 106 Å². The molecule has 200 valence electrons. The lowest BCUT2D eigenvalue weighted by Gasteiger charge is -2.13. The zero-order valence-corrected chi connectivity index (χ0v) is 26.1. The van der Waals surface area contributed by atoms with Gasteiger partial charge in [0.2, 0.25) is 0 Å². The van der Waals surface area contributed by atoms with E-state index in [1.54, 1.807) is 0 Å². The number of rotatable bonds is 14. The Hall–Kier alpha value is -1.56. The fourth-order valence-corrected chi connectivity index (χ4v) is 8.88. The third-order valence-electron chi connectivity index (χ3n) is 7.92. The fraction of sp³-hybridized carbons (Fsp3) is 0.562. The van der Waals surface area contributed by atoms with E-state index in [2.05, 4.69) is 53.7 Å². The first-order valence-electron chi connectivity index (χ1n) is 14.4. The average Bonchev–Trinajstić information content (AvgIpc) is 3.58. The highest BCUT2D eigenvalue weighted by Gasteiger charge is 2.22. The molecule has 5 heteroatoms. The summed E-state index contributed by atoms with van der Waals surface area (Å²) in [5.41, 5.74) is 5.19. The Balaban J connectivity index is 1.66. The molecule has 0 aliphatic rings. The normalized spacial score (nSPS) is 13.5. The van der Waals surface area contributed by atoms with E-state index in [1.807, 2.05) is 46.4 Å². The van der Waals surface area contributed by atoms with Crippen molar-refractivity contribution in [2.24, 2.45) is 11.8 Å². The molecule has 0 aliphatic carbocycles. The van der Waals surface area contributed by atoms with Crippen LogP contribution in [0.1, 0.15) is 99.9 Å². The summed E-state index contributed by atoms with van der Waals surface area (Å²) in [6.45, 7) is 13.9. The topological polar surface area (TPSA) is 25.8 Å². The van der Waals surface area contributed by atoms with Crippen molar-refractivity contribution in [3.63, 3.8) is 0 Å². The van der Waals surface area contributed by atoms with Crippen molar-refractivity contribution < 1.29 is 0 Å². The summed E-state index contributed by atoms with van der Waals surface area (Å²) in [6.07, 6.45) is 16.6. The highest BCUT2D eigenvalue weighted by molar-refractivity contribution is 7.28. The lowest BCUT2D eigenvalue weighted by Crippen LogP contribution is -2.03. The summed E-state index contributed by atoms with van der Waals surface area (Å²) >= 11 is 5.78. The molecule has 2 unspecified atom stereocenters. The van der Waals surface area contributed by atoms with Gasteiger partial charge in [-0.3, -0.25) is 9.97 Å². The monoisotopic (exact) mass is 552 g/mol. The summed E-state index contributed by atoms with van der Waals surface area (Å²) in [6, 6.07) is 4.92. The second-order valence-electron chi connectivity index (χ2n) is 10.6. The molecule has 4 aromatic rings. The number of aryl methyl sites for hydroxylation is 2. The van der Waals surface area contributed by atoms with Crippen LogP contribution in [0.5, 0.6) is 0 Å². The van der Waals surface area contributed by atoms with Crippen molar-refractivity contribution in [1.29, 1.82) is 0 Å². The van der Waals surface area contributed by atoms with Crippen LogP contribution in [0.2, 0.25) is 0 Å². The number of unbranched alkanes of at least 4 members (excludes halogenated alkanes) is 2. The molecule has 2 atom stereocenters. The Morgan fingerprint density at radius 2 is 1.08 bits per heavy atom. The van der Waals surface area contributed by atoms with Crippen molar-refractivity contribution in [3.8, 4) is 19.5 Å². The highest BCUT2D eigenvalue weighted by Crippen LogP contribution is 2.47. The number of hydrogen-bond donors (Lipinski definition) is 0. The quantitative estimate of drug-likeness (QED) is 0.155. The molecule has 0 spiro atoms. The van der Waals surface area contributed by atoms with Crippen LogP contribution in [0.4, 0.5) is 0 Å². The summed E-state index contributed by atoms with van der Waals surface area (Å²) in [4.78, 5) is 17.9. The number of aromatic nitrogens is 2. The van der Waals surface area contributed by atoms with Crippen LogP contribution in [0, 0.1) is 25.7 Å². The summed E-state index contributed by atoms with van der Waals surface area (Å²) in [7, 11) is 0. The molecule has 0 saturated heterocycles. The van der Waals surface area contributed by atoms with Gasteiger partial charge in [0.1, 0.15) is 11.0 Å². The van der Waals surface area contributed by atoms with E-state index in [0.717, 1.165) is 22.9 Å². The molecule has 37 heavy (non-hydrogen) atoms. The van der Waals surface area contributed by atoms with E-state index in [9.17, 15) is 0 Å². The summed E-state index contributed by atoms with van der Waals surface area (Å²) in [5.74, 6) is 1.57. The number of fused-ring (bicyclic) bond motifs is 1. The van der Waals surface area contributed by atoms with E-state index < -0.39 is 0 Å². The Labute approximate surface area is 236 Å². The SMILES string of the molecule is CCCCC(CC)Cc1cc(-c2sc(-c3cc(CC(CC)CCCC)c(C)s3)c3nccnc23)sc1C. The Kier molecular flexibility index (Phi) is 10.4. The van der Waals surface area contributed by atoms with Crippen LogP contribution < -0.4 is 0 Å². The van der Waals surface area contributed by atoms with Gasteiger partial charge in [-0.25, -0.2) is 0 Å². The molecule has 0 aromatic carbocycles. The molecule has 4 rings (SSSR count). The smallest absolute Gasteiger partial charge is 0.109 e. The average molecular weight is 553 g/mol. The number of nitrogens with zero attached hydrogens (tertiary/aromatic N) is 2. The van der Waals surface area contributed by atoms with Crippen LogP contribution in [-0.2, 0) is 12.8 Å². The molecule has 0 bridgehead atoms. The predicted octanol–water partition coefficient (Wildman–Crippen LogP) is 11.3. The van der Waals surface area contributed by atoms with E-state index in [4.69, 9.17) is 9.97 Å². The fourth-order valence-electron chi connectivity index (χ4n) is 5.38. The summed E-state index contributed by atoms with van der Waals surface area (Å²) < 4.78 is 0. The van der Waals surface area contributed by atoms with E-state index in [-0.39, 0.29) is 0 Å². The van der Waals surface area contributed by atoms with Gasteiger partial charge in [-0.1, -0.05) is 79.1 Å². The molecule has 0 radical (unpaired) electrons. The van der Waals surface area contributed by atoms with E-state index in [1.165, 1.54) is 105 Å². The van der Waals surface area contributed by atoms with Crippen molar-refractivity contribution in [1.82, 2.24) is 9.97 Å². The molecule has 4 aromatic heterocycles. The first-order valence-corrected chi connectivity index (χ1v) is 16.9. The van der Waals surface area contributed by atoms with Crippen molar-refractivity contribution in [2.75, 3.05) is 0 Å². The maximum absolute atomic E-state index is 4.84. The van der Waals surface area contributed by atoms with Crippen LogP contribution >= 0.6 is 34.0 Å². The molecular formula is C32H44N2S3. The van der Waals surface area contributed by atoms with Crippen LogP contribution in [0.3, 0.4) is 0 Å².